The molecule has 0 spiro atoms. The Balaban J connectivity index is 0.00000121. The van der Waals surface area contributed by atoms with E-state index in [2.05, 4.69) is 11.3 Å². The Morgan fingerprint density at radius 3 is 2.42 bits per heavy atom. The summed E-state index contributed by atoms with van der Waals surface area (Å²) < 4.78 is 4.55. The Labute approximate surface area is 72.5 Å². The number of rotatable bonds is 2. The average Bonchev–Trinajstić information content (AvgIpc) is 2.07. The van der Waals surface area contributed by atoms with Crippen molar-refractivity contribution < 1.29 is 9.53 Å². The number of benzene rings is 1. The topological polar surface area (TPSA) is 26.3 Å². The first-order valence-electron chi connectivity index (χ1n) is 3.21. The fourth-order valence-corrected chi connectivity index (χ4v) is 0.718. The third-order valence-electron chi connectivity index (χ3n) is 1.20. The highest BCUT2D eigenvalue weighted by Gasteiger charge is 2.01. The van der Waals surface area contributed by atoms with Gasteiger partial charge in [0, 0.05) is 0 Å². The summed E-state index contributed by atoms with van der Waals surface area (Å²) in [5.41, 5.74) is 0.535. The highest BCUT2D eigenvalue weighted by Crippen LogP contribution is 2.00. The number of ether oxygens (including phenoxy) is 1. The van der Waals surface area contributed by atoms with E-state index in [4.69, 9.17) is 0 Å². The monoisotopic (exact) mass is 164 g/mol. The van der Waals surface area contributed by atoms with E-state index in [0.29, 0.717) is 5.56 Å². The predicted molar refractivity (Wildman–Crippen MR) is 48.8 cm³/mol. The lowest BCUT2D eigenvalue weighted by atomic mass is 10.2. The first-order valence-corrected chi connectivity index (χ1v) is 3.21. The molecule has 2 heteroatoms. The molecule has 0 radical (unpaired) electrons. The largest absolute Gasteiger partial charge is 0.432 e. The summed E-state index contributed by atoms with van der Waals surface area (Å²) >= 11 is 0. The second kappa shape index (κ2) is 5.13. The van der Waals surface area contributed by atoms with E-state index >= 15 is 0 Å². The van der Waals surface area contributed by atoms with Gasteiger partial charge in [-0.15, -0.1) is 0 Å². The zero-order valence-corrected chi connectivity index (χ0v) is 5.99. The van der Waals surface area contributed by atoms with Gasteiger partial charge < -0.3 is 4.74 Å². The van der Waals surface area contributed by atoms with Gasteiger partial charge in [0.05, 0.1) is 11.8 Å². The van der Waals surface area contributed by atoms with Crippen LogP contribution < -0.4 is 0 Å². The van der Waals surface area contributed by atoms with Gasteiger partial charge in [-0.05, 0) is 12.1 Å². The van der Waals surface area contributed by atoms with Gasteiger partial charge in [0.15, 0.2) is 0 Å². The summed E-state index contributed by atoms with van der Waals surface area (Å²) in [4.78, 5) is 11.0. The van der Waals surface area contributed by atoms with Crippen molar-refractivity contribution in [3.05, 3.63) is 48.7 Å². The fraction of sp³-hybridized carbons (Fsp3) is 0.100. The predicted octanol–water partition coefficient (Wildman–Crippen LogP) is 2.62. The molecule has 1 rings (SSSR count). The SMILES string of the molecule is C.C=COC(=O)c1ccccc1. The van der Waals surface area contributed by atoms with Gasteiger partial charge in [-0.25, -0.2) is 4.79 Å². The van der Waals surface area contributed by atoms with Crippen LogP contribution in [0.4, 0.5) is 0 Å². The van der Waals surface area contributed by atoms with Crippen LogP contribution in [0.25, 0.3) is 0 Å². The quantitative estimate of drug-likeness (QED) is 0.496. The van der Waals surface area contributed by atoms with Gasteiger partial charge >= 0.3 is 5.97 Å². The third kappa shape index (κ3) is 2.58. The van der Waals surface area contributed by atoms with E-state index in [-0.39, 0.29) is 13.4 Å². The molecule has 0 aliphatic rings. The maximum Gasteiger partial charge on any atom is 0.342 e. The number of esters is 1. The summed E-state index contributed by atoms with van der Waals surface area (Å²) in [6.45, 7) is 3.28. The van der Waals surface area contributed by atoms with E-state index in [0.717, 1.165) is 6.26 Å². The molecule has 0 fully saturated rings. The highest BCUT2D eigenvalue weighted by molar-refractivity contribution is 5.89. The molecule has 64 valence electrons. The van der Waals surface area contributed by atoms with Crippen LogP contribution in [0.1, 0.15) is 17.8 Å². The maximum absolute atomic E-state index is 11.0. The minimum absolute atomic E-state index is 0. The Hall–Kier alpha value is -1.57. The summed E-state index contributed by atoms with van der Waals surface area (Å²) in [6, 6.07) is 8.77. The van der Waals surface area contributed by atoms with Gasteiger partial charge in [-0.1, -0.05) is 32.2 Å². The van der Waals surface area contributed by atoms with Crippen molar-refractivity contribution in [2.75, 3.05) is 0 Å². The molecule has 0 heterocycles. The van der Waals surface area contributed by atoms with Crippen molar-refractivity contribution in [1.29, 1.82) is 0 Å². The van der Waals surface area contributed by atoms with Gasteiger partial charge in [-0.3, -0.25) is 0 Å². The van der Waals surface area contributed by atoms with E-state index < -0.39 is 0 Å². The second-order valence-electron chi connectivity index (χ2n) is 1.94. The smallest absolute Gasteiger partial charge is 0.342 e. The summed E-state index contributed by atoms with van der Waals surface area (Å²) in [5, 5.41) is 0. The minimum Gasteiger partial charge on any atom is -0.432 e. The Morgan fingerprint density at radius 2 is 1.92 bits per heavy atom. The van der Waals surface area contributed by atoms with Crippen LogP contribution in [0.5, 0.6) is 0 Å². The second-order valence-corrected chi connectivity index (χ2v) is 1.94. The molecule has 0 aliphatic carbocycles. The normalized spacial score (nSPS) is 8.00. The standard InChI is InChI=1S/C9H8O2.CH4/c1-2-11-9(10)8-6-4-3-5-7-8;/h2-7H,1H2;1H4. The zero-order valence-electron chi connectivity index (χ0n) is 5.99. The van der Waals surface area contributed by atoms with E-state index in [1.807, 2.05) is 6.07 Å². The molecule has 2 nitrogen and oxygen atoms in total. The van der Waals surface area contributed by atoms with Crippen LogP contribution in [-0.2, 0) is 4.74 Å². The molecule has 0 aromatic heterocycles. The molecule has 0 amide bonds. The van der Waals surface area contributed by atoms with Crippen molar-refractivity contribution in [2.45, 2.75) is 7.43 Å². The molecule has 0 saturated heterocycles. The fourth-order valence-electron chi connectivity index (χ4n) is 0.718. The molecule has 1 aromatic rings. The van der Waals surface area contributed by atoms with Crippen LogP contribution in [0.15, 0.2) is 43.2 Å². The zero-order chi connectivity index (χ0) is 8.10. The van der Waals surface area contributed by atoms with Crippen molar-refractivity contribution in [3.63, 3.8) is 0 Å². The number of hydrogen-bond acceptors (Lipinski definition) is 2. The van der Waals surface area contributed by atoms with Crippen molar-refractivity contribution in [2.24, 2.45) is 0 Å². The van der Waals surface area contributed by atoms with Crippen LogP contribution in [0.3, 0.4) is 0 Å². The Morgan fingerprint density at radius 1 is 1.33 bits per heavy atom. The molecule has 0 bridgehead atoms. The summed E-state index contributed by atoms with van der Waals surface area (Å²) in [7, 11) is 0. The number of carbonyl (C=O) groups is 1. The van der Waals surface area contributed by atoms with Crippen LogP contribution >= 0.6 is 0 Å². The Kier molecular flexibility index (Phi) is 4.46. The molecular weight excluding hydrogens is 152 g/mol. The van der Waals surface area contributed by atoms with E-state index in [1.165, 1.54) is 0 Å². The Bertz CT molecular complexity index is 252. The molecule has 0 unspecified atom stereocenters. The van der Waals surface area contributed by atoms with E-state index in [1.54, 1.807) is 24.3 Å². The van der Waals surface area contributed by atoms with Crippen LogP contribution in [0, 0.1) is 0 Å². The first kappa shape index (κ1) is 10.4. The lowest BCUT2D eigenvalue weighted by molar-refractivity contribution is 0.0664. The lowest BCUT2D eigenvalue weighted by Crippen LogP contribution is -1.98. The van der Waals surface area contributed by atoms with Crippen molar-refractivity contribution in [1.82, 2.24) is 0 Å². The number of hydrogen-bond donors (Lipinski definition) is 0. The molecule has 0 atom stereocenters. The molecular formula is C10H12O2. The van der Waals surface area contributed by atoms with Gasteiger partial charge in [-0.2, -0.15) is 0 Å². The summed E-state index contributed by atoms with van der Waals surface area (Å²) in [6.07, 6.45) is 1.12. The van der Waals surface area contributed by atoms with Crippen molar-refractivity contribution in [3.8, 4) is 0 Å². The summed E-state index contributed by atoms with van der Waals surface area (Å²) in [5.74, 6) is -0.374. The molecule has 1 aromatic carbocycles. The van der Waals surface area contributed by atoms with Crippen LogP contribution in [-0.4, -0.2) is 5.97 Å². The van der Waals surface area contributed by atoms with Crippen molar-refractivity contribution >= 4 is 5.97 Å². The molecule has 0 aliphatic heterocycles. The van der Waals surface area contributed by atoms with E-state index in [9.17, 15) is 4.79 Å². The lowest BCUT2D eigenvalue weighted by Gasteiger charge is -1.96. The number of carbonyl (C=O) groups excluding carboxylic acids is 1. The highest BCUT2D eigenvalue weighted by atomic mass is 16.5. The maximum atomic E-state index is 11.0. The molecule has 12 heavy (non-hydrogen) atoms. The molecule has 0 N–H and O–H groups in total. The average molecular weight is 164 g/mol. The minimum atomic E-state index is -0.374. The molecule has 0 saturated carbocycles. The van der Waals surface area contributed by atoms with Gasteiger partial charge in [0.25, 0.3) is 0 Å². The van der Waals surface area contributed by atoms with Crippen LogP contribution in [0.2, 0.25) is 0 Å². The first-order chi connectivity index (χ1) is 5.34. The van der Waals surface area contributed by atoms with Gasteiger partial charge in [0.2, 0.25) is 0 Å². The third-order valence-corrected chi connectivity index (χ3v) is 1.20. The van der Waals surface area contributed by atoms with Gasteiger partial charge in [0.1, 0.15) is 0 Å².